The highest BCUT2D eigenvalue weighted by molar-refractivity contribution is 6.88. The minimum absolute atomic E-state index is 0.993. The van der Waals surface area contributed by atoms with E-state index in [1.54, 1.807) is 5.19 Å². The van der Waals surface area contributed by atoms with Gasteiger partial charge in [-0.05, 0) is 17.7 Å². The lowest BCUT2D eigenvalue weighted by Gasteiger charge is -2.23. The Labute approximate surface area is 102 Å². The summed E-state index contributed by atoms with van der Waals surface area (Å²) >= 11 is 0. The van der Waals surface area contributed by atoms with E-state index in [2.05, 4.69) is 43.9 Å². The molecule has 1 heterocycles. The average Bonchev–Trinajstić information content (AvgIpc) is 2.29. The third-order valence-corrected chi connectivity index (χ3v) is 8.09. The van der Waals surface area contributed by atoms with Crippen molar-refractivity contribution < 1.29 is 4.43 Å². The molecule has 1 unspecified atom stereocenters. The molecular weight excluding hydrogens is 228 g/mol. The Morgan fingerprint density at radius 3 is 2.25 bits per heavy atom. The van der Waals surface area contributed by atoms with Gasteiger partial charge in [0.1, 0.15) is 0 Å². The second-order valence-corrected chi connectivity index (χ2v) is 13.4. The molecule has 1 aromatic rings. The van der Waals surface area contributed by atoms with Gasteiger partial charge >= 0.3 is 0 Å². The van der Waals surface area contributed by atoms with Crippen molar-refractivity contribution in [1.82, 2.24) is 0 Å². The molecule has 1 aliphatic rings. The molecule has 88 valence electrons. The van der Waals surface area contributed by atoms with E-state index in [0.717, 1.165) is 6.61 Å². The van der Waals surface area contributed by atoms with E-state index in [1.807, 2.05) is 0 Å². The predicted molar refractivity (Wildman–Crippen MR) is 76.2 cm³/mol. The van der Waals surface area contributed by atoms with Crippen molar-refractivity contribution >= 4 is 27.5 Å². The Morgan fingerprint density at radius 2 is 1.75 bits per heavy atom. The van der Waals surface area contributed by atoms with Gasteiger partial charge in [0, 0.05) is 6.61 Å². The Kier molecular flexibility index (Phi) is 3.67. The summed E-state index contributed by atoms with van der Waals surface area (Å²) in [4.78, 5) is 0. The molecule has 16 heavy (non-hydrogen) atoms. The molecule has 1 saturated heterocycles. The third-order valence-electron chi connectivity index (χ3n) is 3.33. The molecule has 1 aromatic carbocycles. The normalized spacial score (nSPS) is 22.1. The first-order valence-corrected chi connectivity index (χ1v) is 11.7. The topological polar surface area (TPSA) is 9.23 Å². The van der Waals surface area contributed by atoms with Crippen LogP contribution in [0.4, 0.5) is 0 Å². The van der Waals surface area contributed by atoms with E-state index < -0.39 is 17.1 Å². The maximum absolute atomic E-state index is 5.94. The van der Waals surface area contributed by atoms with Crippen molar-refractivity contribution in [2.75, 3.05) is 6.61 Å². The van der Waals surface area contributed by atoms with E-state index in [-0.39, 0.29) is 0 Å². The average molecular weight is 250 g/mol. The molecule has 1 atom stereocenters. The lowest BCUT2D eigenvalue weighted by molar-refractivity contribution is 0.294. The predicted octanol–water partition coefficient (Wildman–Crippen LogP) is 1.97. The zero-order valence-electron chi connectivity index (χ0n) is 10.6. The summed E-state index contributed by atoms with van der Waals surface area (Å²) in [6, 6.07) is 10.7. The van der Waals surface area contributed by atoms with Gasteiger partial charge in [-0.2, -0.15) is 0 Å². The lowest BCUT2D eigenvalue weighted by Crippen LogP contribution is -2.41. The number of rotatable bonds is 2. The first kappa shape index (κ1) is 12.1. The zero-order chi connectivity index (χ0) is 11.6. The number of hydrogen-bond acceptors (Lipinski definition) is 1. The van der Waals surface area contributed by atoms with Gasteiger partial charge in [-0.15, -0.1) is 0 Å². The minimum Gasteiger partial charge on any atom is -0.415 e. The molecule has 1 nitrogen and oxygen atoms in total. The van der Waals surface area contributed by atoms with E-state index >= 15 is 0 Å². The molecule has 3 heteroatoms. The summed E-state index contributed by atoms with van der Waals surface area (Å²) in [6.45, 7) is 8.19. The Balaban J connectivity index is 2.12. The van der Waals surface area contributed by atoms with Crippen molar-refractivity contribution in [3.63, 3.8) is 0 Å². The monoisotopic (exact) mass is 250 g/mol. The Hall–Kier alpha value is -0.386. The first-order chi connectivity index (χ1) is 7.57. The van der Waals surface area contributed by atoms with Gasteiger partial charge in [-0.3, -0.25) is 0 Å². The van der Waals surface area contributed by atoms with Gasteiger partial charge in [0.15, 0.2) is 0 Å². The second-order valence-electron chi connectivity index (χ2n) is 5.73. The van der Waals surface area contributed by atoms with Crippen LogP contribution in [0.1, 0.15) is 12.8 Å². The molecule has 0 aromatic heterocycles. The number of benzene rings is 1. The fourth-order valence-electron chi connectivity index (χ4n) is 2.20. The van der Waals surface area contributed by atoms with E-state index in [1.165, 1.54) is 24.1 Å². The molecule has 2 rings (SSSR count). The van der Waals surface area contributed by atoms with Crippen LogP contribution in [0.2, 0.25) is 25.7 Å². The van der Waals surface area contributed by atoms with Crippen LogP contribution >= 0.6 is 0 Å². The summed E-state index contributed by atoms with van der Waals surface area (Å²) in [5.74, 6) is 0. The van der Waals surface area contributed by atoms with Crippen LogP contribution < -0.4 is 10.4 Å². The van der Waals surface area contributed by atoms with Crippen molar-refractivity contribution in [1.29, 1.82) is 0 Å². The quantitative estimate of drug-likeness (QED) is 0.729. The zero-order valence-corrected chi connectivity index (χ0v) is 12.8. The minimum atomic E-state index is -1.13. The van der Waals surface area contributed by atoms with Gasteiger partial charge in [-0.25, -0.2) is 0 Å². The first-order valence-electron chi connectivity index (χ1n) is 6.29. The molecule has 0 radical (unpaired) electrons. The molecule has 0 saturated carbocycles. The fourth-order valence-corrected chi connectivity index (χ4v) is 5.79. The molecule has 0 N–H and O–H groups in total. The highest BCUT2D eigenvalue weighted by atomic mass is 28.3. The molecule has 1 aliphatic heterocycles. The van der Waals surface area contributed by atoms with Gasteiger partial charge < -0.3 is 4.43 Å². The van der Waals surface area contributed by atoms with E-state index in [9.17, 15) is 0 Å². The molecule has 1 fully saturated rings. The molecule has 0 bridgehead atoms. The second kappa shape index (κ2) is 4.86. The summed E-state index contributed by atoms with van der Waals surface area (Å²) < 4.78 is 5.94. The maximum atomic E-state index is 5.94. The van der Waals surface area contributed by atoms with Crippen molar-refractivity contribution in [2.24, 2.45) is 0 Å². The SMILES string of the molecule is C[Si](C)(C)c1ccc([SiH]2CCCCO2)cc1. The molecule has 0 spiro atoms. The van der Waals surface area contributed by atoms with Gasteiger partial charge in [0.25, 0.3) is 0 Å². The molecule has 0 amide bonds. The summed E-state index contributed by atoms with van der Waals surface area (Å²) in [5, 5.41) is 3.06. The van der Waals surface area contributed by atoms with E-state index in [4.69, 9.17) is 4.43 Å². The third kappa shape index (κ3) is 2.84. The summed E-state index contributed by atoms with van der Waals surface area (Å²) in [5.41, 5.74) is 0. The van der Waals surface area contributed by atoms with Crippen LogP contribution in [0.3, 0.4) is 0 Å². The maximum Gasteiger partial charge on any atom is 0.208 e. The fraction of sp³-hybridized carbons (Fsp3) is 0.538. The lowest BCUT2D eigenvalue weighted by atomic mass is 10.3. The Morgan fingerprint density at radius 1 is 1.06 bits per heavy atom. The van der Waals surface area contributed by atoms with Crippen LogP contribution in [-0.4, -0.2) is 23.7 Å². The van der Waals surface area contributed by atoms with Crippen LogP contribution in [0.25, 0.3) is 0 Å². The standard InChI is InChI=1S/C13H22OSi2/c1-16(2,3)13-8-6-12(7-9-13)15-11-5-4-10-14-15/h6-9,15H,4-5,10-11H2,1-3H3. The van der Waals surface area contributed by atoms with Crippen molar-refractivity contribution in [3.8, 4) is 0 Å². The Bertz CT molecular complexity index is 334. The van der Waals surface area contributed by atoms with Crippen LogP contribution in [0.5, 0.6) is 0 Å². The molecular formula is C13H22OSi2. The van der Waals surface area contributed by atoms with Crippen molar-refractivity contribution in [2.45, 2.75) is 38.5 Å². The van der Waals surface area contributed by atoms with E-state index in [0.29, 0.717) is 0 Å². The smallest absolute Gasteiger partial charge is 0.208 e. The van der Waals surface area contributed by atoms with Gasteiger partial charge in [0.2, 0.25) is 9.04 Å². The highest BCUT2D eigenvalue weighted by Crippen LogP contribution is 2.11. The highest BCUT2D eigenvalue weighted by Gasteiger charge is 2.20. The van der Waals surface area contributed by atoms with Gasteiger partial charge in [-0.1, -0.05) is 55.5 Å². The summed E-state index contributed by atoms with van der Waals surface area (Å²) in [7, 11) is -2.17. The summed E-state index contributed by atoms with van der Waals surface area (Å²) in [6.07, 6.45) is 2.63. The van der Waals surface area contributed by atoms with Crippen molar-refractivity contribution in [3.05, 3.63) is 24.3 Å². The molecule has 0 aliphatic carbocycles. The van der Waals surface area contributed by atoms with Gasteiger partial charge in [0.05, 0.1) is 8.07 Å². The van der Waals surface area contributed by atoms with Crippen LogP contribution in [0.15, 0.2) is 24.3 Å². The number of hydrogen-bond donors (Lipinski definition) is 0. The van der Waals surface area contributed by atoms with Crippen LogP contribution in [0, 0.1) is 0 Å². The largest absolute Gasteiger partial charge is 0.415 e. The van der Waals surface area contributed by atoms with Crippen LogP contribution in [-0.2, 0) is 4.43 Å².